The number of benzene rings is 2. The van der Waals surface area contributed by atoms with Crippen molar-refractivity contribution in [2.75, 3.05) is 30.0 Å². The summed E-state index contributed by atoms with van der Waals surface area (Å²) in [6.45, 7) is 7.89. The molecule has 8 nitrogen and oxygen atoms in total. The van der Waals surface area contributed by atoms with Crippen LogP contribution in [0.25, 0.3) is 0 Å². The van der Waals surface area contributed by atoms with Gasteiger partial charge < -0.3 is 19.7 Å². The van der Waals surface area contributed by atoms with Crippen LogP contribution in [-0.4, -0.2) is 43.5 Å². The van der Waals surface area contributed by atoms with E-state index in [-0.39, 0.29) is 24.8 Å². The highest BCUT2D eigenvalue weighted by atomic mass is 16.5. The molecule has 2 amide bonds. The predicted molar refractivity (Wildman–Crippen MR) is 128 cm³/mol. The summed E-state index contributed by atoms with van der Waals surface area (Å²) in [4.78, 5) is 50.7. The first-order chi connectivity index (χ1) is 16.2. The molecule has 2 aromatic rings. The highest BCUT2D eigenvalue weighted by molar-refractivity contribution is 6.00. The Labute approximate surface area is 199 Å². The molecule has 34 heavy (non-hydrogen) atoms. The molecule has 180 valence electrons. The Morgan fingerprint density at radius 2 is 1.76 bits per heavy atom. The topological polar surface area (TPSA) is 102 Å². The fourth-order valence-electron chi connectivity index (χ4n) is 3.59. The summed E-state index contributed by atoms with van der Waals surface area (Å²) < 4.78 is 10.3. The Balaban J connectivity index is 1.48. The van der Waals surface area contributed by atoms with E-state index in [1.54, 1.807) is 29.2 Å². The van der Waals surface area contributed by atoms with E-state index in [9.17, 15) is 19.2 Å². The van der Waals surface area contributed by atoms with Crippen LogP contribution in [-0.2, 0) is 23.9 Å². The molecule has 1 aliphatic rings. The highest BCUT2D eigenvalue weighted by Crippen LogP contribution is 2.29. The SMILES string of the molecule is Cc1cccc(N2C[C@@H](C(=O)OCC(=O)Nc3ccc(C(=O)OCC(C)C)cc3)CC2=O)c1C. The maximum absolute atomic E-state index is 12.5. The molecule has 0 spiro atoms. The second-order valence-electron chi connectivity index (χ2n) is 8.85. The average molecular weight is 467 g/mol. The molecule has 0 radical (unpaired) electrons. The maximum Gasteiger partial charge on any atom is 0.338 e. The molecule has 2 aromatic carbocycles. The third-order valence-corrected chi connectivity index (χ3v) is 5.62. The third-order valence-electron chi connectivity index (χ3n) is 5.62. The summed E-state index contributed by atoms with van der Waals surface area (Å²) >= 11 is 0. The molecule has 1 fully saturated rings. The van der Waals surface area contributed by atoms with Crippen molar-refractivity contribution in [3.63, 3.8) is 0 Å². The lowest BCUT2D eigenvalue weighted by Gasteiger charge is -2.20. The Morgan fingerprint density at radius 3 is 2.44 bits per heavy atom. The monoisotopic (exact) mass is 466 g/mol. The molecule has 0 saturated carbocycles. The Bertz CT molecular complexity index is 1080. The van der Waals surface area contributed by atoms with Crippen LogP contribution in [0, 0.1) is 25.7 Å². The van der Waals surface area contributed by atoms with Gasteiger partial charge in [0.25, 0.3) is 5.91 Å². The molecule has 3 rings (SSSR count). The zero-order chi connectivity index (χ0) is 24.8. The molecule has 0 aliphatic carbocycles. The Hall–Kier alpha value is -3.68. The van der Waals surface area contributed by atoms with E-state index in [2.05, 4.69) is 5.32 Å². The molecule has 1 N–H and O–H groups in total. The first kappa shape index (κ1) is 25.0. The van der Waals surface area contributed by atoms with Crippen molar-refractivity contribution in [2.24, 2.45) is 11.8 Å². The van der Waals surface area contributed by atoms with Crippen LogP contribution in [0.3, 0.4) is 0 Å². The normalized spacial score (nSPS) is 15.4. The van der Waals surface area contributed by atoms with Crippen molar-refractivity contribution in [3.05, 3.63) is 59.2 Å². The van der Waals surface area contributed by atoms with E-state index in [1.165, 1.54) is 0 Å². The summed E-state index contributed by atoms with van der Waals surface area (Å²) in [7, 11) is 0. The standard InChI is InChI=1S/C26H30N2O6/c1-16(2)14-33-25(31)19-8-10-21(11-9-19)27-23(29)15-34-26(32)20-12-24(30)28(13-20)22-7-5-6-17(3)18(22)4/h5-11,16,20H,12-15H2,1-4H3,(H,27,29)/t20-/m0/s1. The number of hydrogen-bond acceptors (Lipinski definition) is 6. The molecule has 0 aromatic heterocycles. The number of amides is 2. The molecule has 0 unspecified atom stereocenters. The number of aryl methyl sites for hydroxylation is 1. The van der Waals surface area contributed by atoms with Crippen molar-refractivity contribution in [1.29, 1.82) is 0 Å². The zero-order valence-electron chi connectivity index (χ0n) is 19.9. The second-order valence-corrected chi connectivity index (χ2v) is 8.85. The van der Waals surface area contributed by atoms with Gasteiger partial charge in [-0.15, -0.1) is 0 Å². The average Bonchev–Trinajstić information content (AvgIpc) is 3.19. The van der Waals surface area contributed by atoms with E-state index in [4.69, 9.17) is 9.47 Å². The van der Waals surface area contributed by atoms with Crippen LogP contribution in [0.15, 0.2) is 42.5 Å². The first-order valence-electron chi connectivity index (χ1n) is 11.3. The van der Waals surface area contributed by atoms with Gasteiger partial charge >= 0.3 is 11.9 Å². The van der Waals surface area contributed by atoms with Gasteiger partial charge in [0.2, 0.25) is 5.91 Å². The van der Waals surface area contributed by atoms with E-state index in [1.807, 2.05) is 45.9 Å². The van der Waals surface area contributed by atoms with Crippen LogP contribution >= 0.6 is 0 Å². The van der Waals surface area contributed by atoms with Crippen LogP contribution in [0.1, 0.15) is 41.8 Å². The molecule has 8 heteroatoms. The second kappa shape index (κ2) is 11.0. The highest BCUT2D eigenvalue weighted by Gasteiger charge is 2.37. The van der Waals surface area contributed by atoms with Gasteiger partial charge in [0.15, 0.2) is 6.61 Å². The lowest BCUT2D eigenvalue weighted by Crippen LogP contribution is -2.28. The predicted octanol–water partition coefficient (Wildman–Crippen LogP) is 3.65. The molecular formula is C26H30N2O6. The molecular weight excluding hydrogens is 436 g/mol. The van der Waals surface area contributed by atoms with Gasteiger partial charge in [0, 0.05) is 24.3 Å². The maximum atomic E-state index is 12.5. The number of ether oxygens (including phenoxy) is 2. The minimum absolute atomic E-state index is 0.0439. The zero-order valence-corrected chi connectivity index (χ0v) is 19.9. The minimum Gasteiger partial charge on any atom is -0.462 e. The molecule has 1 saturated heterocycles. The number of nitrogens with one attached hydrogen (secondary N) is 1. The molecule has 0 bridgehead atoms. The van der Waals surface area contributed by atoms with E-state index >= 15 is 0 Å². The molecule has 1 atom stereocenters. The minimum atomic E-state index is -0.628. The fourth-order valence-corrected chi connectivity index (χ4v) is 3.59. The Morgan fingerprint density at radius 1 is 1.06 bits per heavy atom. The van der Waals surface area contributed by atoms with Crippen LogP contribution in [0.4, 0.5) is 11.4 Å². The first-order valence-corrected chi connectivity index (χ1v) is 11.3. The van der Waals surface area contributed by atoms with Crippen molar-refractivity contribution in [1.82, 2.24) is 0 Å². The van der Waals surface area contributed by atoms with Crippen molar-refractivity contribution in [2.45, 2.75) is 34.1 Å². The summed E-state index contributed by atoms with van der Waals surface area (Å²) in [5, 5.41) is 2.62. The van der Waals surface area contributed by atoms with Crippen LogP contribution in [0.2, 0.25) is 0 Å². The smallest absolute Gasteiger partial charge is 0.338 e. The van der Waals surface area contributed by atoms with Gasteiger partial charge in [0.1, 0.15) is 0 Å². The number of carbonyl (C=O) groups is 4. The third kappa shape index (κ3) is 6.21. The van der Waals surface area contributed by atoms with Gasteiger partial charge in [-0.3, -0.25) is 14.4 Å². The fraction of sp³-hybridized carbons (Fsp3) is 0.385. The van der Waals surface area contributed by atoms with Crippen molar-refractivity contribution < 1.29 is 28.7 Å². The largest absolute Gasteiger partial charge is 0.462 e. The molecule has 1 heterocycles. The number of carbonyl (C=O) groups excluding carboxylic acids is 4. The van der Waals surface area contributed by atoms with E-state index in [0.29, 0.717) is 17.9 Å². The van der Waals surface area contributed by atoms with Gasteiger partial charge in [-0.1, -0.05) is 26.0 Å². The number of esters is 2. The lowest BCUT2D eigenvalue weighted by atomic mass is 10.1. The van der Waals surface area contributed by atoms with E-state index in [0.717, 1.165) is 16.8 Å². The number of rotatable bonds is 8. The quantitative estimate of drug-likeness (QED) is 0.596. The van der Waals surface area contributed by atoms with E-state index < -0.39 is 30.4 Å². The van der Waals surface area contributed by atoms with Crippen LogP contribution in [0.5, 0.6) is 0 Å². The lowest BCUT2D eigenvalue weighted by molar-refractivity contribution is -0.151. The van der Waals surface area contributed by atoms with Gasteiger partial charge in [0.05, 0.1) is 18.1 Å². The van der Waals surface area contributed by atoms with Crippen LogP contribution < -0.4 is 10.2 Å². The number of anilines is 2. The Kier molecular flexibility index (Phi) is 8.04. The summed E-state index contributed by atoms with van der Waals surface area (Å²) in [6.07, 6.45) is 0.0439. The van der Waals surface area contributed by atoms with Gasteiger partial charge in [-0.25, -0.2) is 4.79 Å². The summed E-state index contributed by atoms with van der Waals surface area (Å²) in [5.41, 5.74) is 3.68. The van der Waals surface area contributed by atoms with Crippen molar-refractivity contribution in [3.8, 4) is 0 Å². The number of hydrogen-bond donors (Lipinski definition) is 1. The van der Waals surface area contributed by atoms with Gasteiger partial charge in [-0.05, 0) is 61.2 Å². The number of nitrogens with zero attached hydrogens (tertiary/aromatic N) is 1. The van der Waals surface area contributed by atoms with Gasteiger partial charge in [-0.2, -0.15) is 0 Å². The summed E-state index contributed by atoms with van der Waals surface area (Å²) in [6, 6.07) is 12.0. The summed E-state index contributed by atoms with van der Waals surface area (Å²) in [5.74, 6) is -2.06. The van der Waals surface area contributed by atoms with Crippen molar-refractivity contribution >= 4 is 35.1 Å². The molecule has 1 aliphatic heterocycles.